The van der Waals surface area contributed by atoms with Gasteiger partial charge in [0.05, 0.1) is 11.6 Å². The summed E-state index contributed by atoms with van der Waals surface area (Å²) in [7, 11) is 0. The topological polar surface area (TPSA) is 49.8 Å². The van der Waals surface area contributed by atoms with E-state index in [-0.39, 0.29) is 0 Å². The Morgan fingerprint density at radius 2 is 1.92 bits per heavy atom. The van der Waals surface area contributed by atoms with Crippen LogP contribution in [0.15, 0.2) is 24.3 Å². The van der Waals surface area contributed by atoms with Gasteiger partial charge in [-0.2, -0.15) is 5.26 Å². The Morgan fingerprint density at radius 1 is 1.33 bits per heavy atom. The van der Waals surface area contributed by atoms with Crippen LogP contribution < -0.4 is 5.73 Å². The van der Waals surface area contributed by atoms with E-state index in [4.69, 9.17) is 11.0 Å². The van der Waals surface area contributed by atoms with E-state index < -0.39 is 5.54 Å². The predicted molar refractivity (Wildman–Crippen MR) is 48.4 cm³/mol. The third-order valence-corrected chi connectivity index (χ3v) is 1.74. The first-order valence-corrected chi connectivity index (χ1v) is 3.84. The van der Waals surface area contributed by atoms with Crippen molar-refractivity contribution in [3.05, 3.63) is 35.4 Å². The molecule has 0 fully saturated rings. The second-order valence-corrected chi connectivity index (χ2v) is 3.38. The molecule has 0 saturated heterocycles. The molecule has 62 valence electrons. The minimum absolute atomic E-state index is 0.438. The third kappa shape index (κ3) is 1.63. The van der Waals surface area contributed by atoms with Crippen LogP contribution in [0.25, 0.3) is 0 Å². The Balaban J connectivity index is 3.26. The number of benzene rings is 1. The summed E-state index contributed by atoms with van der Waals surface area (Å²) in [6.07, 6.45) is 0. The molecule has 0 amide bonds. The first kappa shape index (κ1) is 8.76. The number of rotatable bonds is 1. The van der Waals surface area contributed by atoms with Crippen molar-refractivity contribution in [2.24, 2.45) is 5.73 Å². The Labute approximate surface area is 72.6 Å². The van der Waals surface area contributed by atoms with Gasteiger partial charge in [0, 0.05) is 5.54 Å². The average molecular weight is 160 g/mol. The van der Waals surface area contributed by atoms with Crippen LogP contribution in [0.3, 0.4) is 0 Å². The molecule has 2 N–H and O–H groups in total. The van der Waals surface area contributed by atoms with E-state index in [1.54, 1.807) is 6.07 Å². The lowest BCUT2D eigenvalue weighted by Gasteiger charge is -2.19. The fraction of sp³-hybridized carbons (Fsp3) is 0.300. The summed E-state index contributed by atoms with van der Waals surface area (Å²) in [6.45, 7) is 3.78. The molecule has 0 aromatic heterocycles. The van der Waals surface area contributed by atoms with Crippen LogP contribution in [0.2, 0.25) is 0 Å². The zero-order chi connectivity index (χ0) is 9.19. The largest absolute Gasteiger partial charge is 0.322 e. The van der Waals surface area contributed by atoms with E-state index in [2.05, 4.69) is 6.07 Å². The maximum atomic E-state index is 8.78. The molecule has 2 nitrogen and oxygen atoms in total. The number of nitrogens with zero attached hydrogens (tertiary/aromatic N) is 1. The number of hydrogen-bond donors (Lipinski definition) is 1. The molecule has 0 bridgehead atoms. The van der Waals surface area contributed by atoms with Gasteiger partial charge in [0.2, 0.25) is 0 Å². The number of nitriles is 1. The Kier molecular flexibility index (Phi) is 2.16. The van der Waals surface area contributed by atoms with Crippen molar-refractivity contribution in [2.75, 3.05) is 0 Å². The fourth-order valence-corrected chi connectivity index (χ4v) is 1.14. The normalized spacial score (nSPS) is 10.8. The number of hydrogen-bond acceptors (Lipinski definition) is 2. The molecule has 0 aliphatic rings. The van der Waals surface area contributed by atoms with Gasteiger partial charge in [-0.05, 0) is 25.5 Å². The second-order valence-electron chi connectivity index (χ2n) is 3.38. The molecular weight excluding hydrogens is 148 g/mol. The molecule has 0 aliphatic heterocycles. The van der Waals surface area contributed by atoms with Crippen LogP contribution in [0.4, 0.5) is 0 Å². The van der Waals surface area contributed by atoms with Gasteiger partial charge in [-0.25, -0.2) is 0 Å². The van der Waals surface area contributed by atoms with Gasteiger partial charge in [-0.15, -0.1) is 0 Å². The maximum Gasteiger partial charge on any atom is 0.0995 e. The van der Waals surface area contributed by atoms with Crippen molar-refractivity contribution >= 4 is 0 Å². The van der Waals surface area contributed by atoms with Gasteiger partial charge in [-0.1, -0.05) is 18.2 Å². The SMILES string of the molecule is CC(C)(N)c1ccccc1C#N. The average Bonchev–Trinajstić information content (AvgIpc) is 2.03. The molecule has 1 rings (SSSR count). The van der Waals surface area contributed by atoms with E-state index in [1.165, 1.54) is 0 Å². The molecular formula is C10H12N2. The highest BCUT2D eigenvalue weighted by Crippen LogP contribution is 2.19. The summed E-state index contributed by atoms with van der Waals surface area (Å²) in [5, 5.41) is 8.78. The van der Waals surface area contributed by atoms with Crippen LogP contribution in [-0.2, 0) is 5.54 Å². The van der Waals surface area contributed by atoms with Crippen molar-refractivity contribution in [1.29, 1.82) is 5.26 Å². The van der Waals surface area contributed by atoms with Crippen molar-refractivity contribution in [1.82, 2.24) is 0 Å². The molecule has 0 atom stereocenters. The zero-order valence-corrected chi connectivity index (χ0v) is 7.33. The van der Waals surface area contributed by atoms with E-state index in [1.807, 2.05) is 32.0 Å². The summed E-state index contributed by atoms with van der Waals surface area (Å²) in [6, 6.07) is 9.53. The zero-order valence-electron chi connectivity index (χ0n) is 7.33. The highest BCUT2D eigenvalue weighted by molar-refractivity contribution is 5.40. The second kappa shape index (κ2) is 2.96. The van der Waals surface area contributed by atoms with Crippen molar-refractivity contribution in [3.63, 3.8) is 0 Å². The van der Waals surface area contributed by atoms with Gasteiger partial charge in [0.15, 0.2) is 0 Å². The van der Waals surface area contributed by atoms with Gasteiger partial charge >= 0.3 is 0 Å². The smallest absolute Gasteiger partial charge is 0.0995 e. The van der Waals surface area contributed by atoms with Crippen LogP contribution in [0.5, 0.6) is 0 Å². The molecule has 12 heavy (non-hydrogen) atoms. The van der Waals surface area contributed by atoms with E-state index in [9.17, 15) is 0 Å². The molecule has 0 saturated carbocycles. The van der Waals surface area contributed by atoms with Crippen LogP contribution >= 0.6 is 0 Å². The molecule has 0 heterocycles. The van der Waals surface area contributed by atoms with Crippen LogP contribution in [0, 0.1) is 11.3 Å². The van der Waals surface area contributed by atoms with E-state index >= 15 is 0 Å². The van der Waals surface area contributed by atoms with E-state index in [0.717, 1.165) is 5.56 Å². The summed E-state index contributed by atoms with van der Waals surface area (Å²) >= 11 is 0. The summed E-state index contributed by atoms with van der Waals surface area (Å²) in [5.41, 5.74) is 7.00. The standard InChI is InChI=1S/C10H12N2/c1-10(2,12)9-6-4-3-5-8(9)7-11/h3-6H,12H2,1-2H3. The molecule has 0 radical (unpaired) electrons. The quantitative estimate of drug-likeness (QED) is 0.680. The summed E-state index contributed by atoms with van der Waals surface area (Å²) in [4.78, 5) is 0. The Hall–Kier alpha value is -1.33. The molecule has 1 aromatic carbocycles. The lowest BCUT2D eigenvalue weighted by Crippen LogP contribution is -2.29. The lowest BCUT2D eigenvalue weighted by atomic mass is 9.92. The molecule has 0 aliphatic carbocycles. The van der Waals surface area contributed by atoms with Crippen molar-refractivity contribution in [3.8, 4) is 6.07 Å². The maximum absolute atomic E-state index is 8.78. The van der Waals surface area contributed by atoms with Crippen LogP contribution in [-0.4, -0.2) is 0 Å². The first-order valence-electron chi connectivity index (χ1n) is 3.84. The minimum atomic E-state index is -0.438. The van der Waals surface area contributed by atoms with Crippen molar-refractivity contribution < 1.29 is 0 Å². The molecule has 0 unspecified atom stereocenters. The van der Waals surface area contributed by atoms with Crippen LogP contribution in [0.1, 0.15) is 25.0 Å². The minimum Gasteiger partial charge on any atom is -0.322 e. The monoisotopic (exact) mass is 160 g/mol. The summed E-state index contributed by atoms with van der Waals surface area (Å²) < 4.78 is 0. The van der Waals surface area contributed by atoms with Gasteiger partial charge in [-0.3, -0.25) is 0 Å². The highest BCUT2D eigenvalue weighted by Gasteiger charge is 2.16. The lowest BCUT2D eigenvalue weighted by molar-refractivity contribution is 0.553. The van der Waals surface area contributed by atoms with Crippen molar-refractivity contribution in [2.45, 2.75) is 19.4 Å². The predicted octanol–water partition coefficient (Wildman–Crippen LogP) is 1.75. The Bertz CT molecular complexity index is 315. The van der Waals surface area contributed by atoms with Gasteiger partial charge in [0.1, 0.15) is 0 Å². The molecule has 0 spiro atoms. The van der Waals surface area contributed by atoms with Gasteiger partial charge < -0.3 is 5.73 Å². The summed E-state index contributed by atoms with van der Waals surface area (Å²) in [5.74, 6) is 0. The third-order valence-electron chi connectivity index (χ3n) is 1.74. The molecule has 1 aromatic rings. The number of nitrogens with two attached hydrogens (primary N) is 1. The fourth-order valence-electron chi connectivity index (χ4n) is 1.14. The Morgan fingerprint density at radius 3 is 2.33 bits per heavy atom. The highest BCUT2D eigenvalue weighted by atomic mass is 14.7. The van der Waals surface area contributed by atoms with E-state index in [0.29, 0.717) is 5.56 Å². The van der Waals surface area contributed by atoms with Gasteiger partial charge in [0.25, 0.3) is 0 Å². The first-order chi connectivity index (χ1) is 5.55. The molecule has 2 heteroatoms.